The van der Waals surface area contributed by atoms with Crippen LogP contribution in [-0.4, -0.2) is 59.5 Å². The van der Waals surface area contributed by atoms with Gasteiger partial charge in [0.2, 0.25) is 5.95 Å². The summed E-state index contributed by atoms with van der Waals surface area (Å²) in [4.78, 5) is 28.3. The van der Waals surface area contributed by atoms with Gasteiger partial charge in [0.15, 0.2) is 0 Å². The average molecular weight is 502 g/mol. The number of benzene rings is 1. The molecule has 0 unspecified atom stereocenters. The molecule has 0 aliphatic carbocycles. The van der Waals surface area contributed by atoms with Gasteiger partial charge in [-0.05, 0) is 54.8 Å². The number of hydrogen-bond donors (Lipinski definition) is 3. The van der Waals surface area contributed by atoms with Crippen molar-refractivity contribution in [3.05, 3.63) is 64.3 Å². The maximum Gasteiger partial charge on any atom is 0.318 e. The third kappa shape index (κ3) is 6.07. The van der Waals surface area contributed by atoms with E-state index in [1.54, 1.807) is 24.1 Å². The Morgan fingerprint density at radius 1 is 1.40 bits per heavy atom. The summed E-state index contributed by atoms with van der Waals surface area (Å²) in [6.07, 6.45) is 7.17. The van der Waals surface area contributed by atoms with Crippen molar-refractivity contribution in [2.75, 3.05) is 32.1 Å². The highest BCUT2D eigenvalue weighted by Crippen LogP contribution is 2.24. The van der Waals surface area contributed by atoms with E-state index in [9.17, 15) is 9.18 Å². The first-order valence-corrected chi connectivity index (χ1v) is 11.9. The Hall–Kier alpha value is -3.24. The van der Waals surface area contributed by atoms with E-state index < -0.39 is 11.9 Å². The van der Waals surface area contributed by atoms with Crippen LogP contribution in [0.3, 0.4) is 0 Å². The molecular formula is C24H29ClFN7O2. The molecule has 3 heterocycles. The molecule has 1 fully saturated rings. The van der Waals surface area contributed by atoms with Crippen molar-refractivity contribution in [1.29, 1.82) is 0 Å². The van der Waals surface area contributed by atoms with Crippen LogP contribution >= 0.6 is 11.6 Å². The van der Waals surface area contributed by atoms with Crippen LogP contribution in [-0.2, 0) is 17.7 Å². The van der Waals surface area contributed by atoms with Crippen molar-refractivity contribution >= 4 is 29.3 Å². The van der Waals surface area contributed by atoms with Gasteiger partial charge in [0.05, 0.1) is 29.0 Å². The number of hydrogen-bond acceptors (Lipinski definition) is 7. The summed E-state index contributed by atoms with van der Waals surface area (Å²) in [5.41, 5.74) is 8.38. The number of nitrogens with two attached hydrogens (primary N) is 1. The average Bonchev–Trinajstić information content (AvgIpc) is 2.88. The lowest BCUT2D eigenvalue weighted by molar-refractivity contribution is 0.0903. The zero-order valence-corrected chi connectivity index (χ0v) is 20.3. The topological polar surface area (TPSA) is 118 Å². The molecule has 0 saturated carbocycles. The van der Waals surface area contributed by atoms with Crippen LogP contribution in [0.1, 0.15) is 35.7 Å². The van der Waals surface area contributed by atoms with Gasteiger partial charge in [-0.3, -0.25) is 4.99 Å². The molecule has 1 aromatic carbocycles. The maximum absolute atomic E-state index is 14.2. The van der Waals surface area contributed by atoms with Crippen molar-refractivity contribution < 1.29 is 13.9 Å². The third-order valence-corrected chi connectivity index (χ3v) is 6.46. The number of rotatable bonds is 6. The van der Waals surface area contributed by atoms with Crippen molar-refractivity contribution in [2.24, 2.45) is 10.7 Å². The third-order valence-electron chi connectivity index (χ3n) is 6.15. The fraction of sp³-hybridized carbons (Fsp3) is 0.417. The summed E-state index contributed by atoms with van der Waals surface area (Å²) in [5.74, 6) is -0.0235. The van der Waals surface area contributed by atoms with E-state index >= 15 is 0 Å². The summed E-state index contributed by atoms with van der Waals surface area (Å²) in [6, 6.07) is 3.63. The minimum absolute atomic E-state index is 0.000619. The van der Waals surface area contributed by atoms with E-state index in [1.807, 2.05) is 6.20 Å². The van der Waals surface area contributed by atoms with E-state index in [2.05, 4.69) is 25.6 Å². The minimum Gasteiger partial charge on any atom is -0.405 e. The second kappa shape index (κ2) is 11.5. The molecule has 1 saturated heterocycles. The quantitative estimate of drug-likeness (QED) is 0.523. The summed E-state index contributed by atoms with van der Waals surface area (Å²) < 4.78 is 19.6. The Balaban J connectivity index is 1.50. The number of nitrogens with one attached hydrogen (secondary N) is 2. The van der Waals surface area contributed by atoms with Gasteiger partial charge in [-0.25, -0.2) is 19.2 Å². The largest absolute Gasteiger partial charge is 0.405 e. The lowest BCUT2D eigenvalue weighted by atomic mass is 10.0. The van der Waals surface area contributed by atoms with Crippen molar-refractivity contribution in [1.82, 2.24) is 20.2 Å². The summed E-state index contributed by atoms with van der Waals surface area (Å²) >= 11 is 5.85. The first-order chi connectivity index (χ1) is 17.0. The molecule has 4 N–H and O–H groups in total. The molecule has 2 aromatic rings. The molecule has 11 heteroatoms. The number of aliphatic imine (C=N–C) groups is 1. The highest BCUT2D eigenvalue weighted by Gasteiger charge is 2.27. The van der Waals surface area contributed by atoms with Crippen LogP contribution in [0.15, 0.2) is 41.7 Å². The second-order valence-electron chi connectivity index (χ2n) is 8.43. The monoisotopic (exact) mass is 501 g/mol. The molecule has 2 amide bonds. The van der Waals surface area contributed by atoms with Crippen LogP contribution in [0.25, 0.3) is 0 Å². The fourth-order valence-corrected chi connectivity index (χ4v) is 4.32. The normalized spacial score (nSPS) is 17.8. The van der Waals surface area contributed by atoms with Crippen LogP contribution in [0.2, 0.25) is 5.02 Å². The van der Waals surface area contributed by atoms with Crippen LogP contribution in [0, 0.1) is 5.82 Å². The Labute approximate surface area is 208 Å². The number of amides is 2. The summed E-state index contributed by atoms with van der Waals surface area (Å²) in [5, 5.41) is 6.34. The smallest absolute Gasteiger partial charge is 0.318 e. The predicted molar refractivity (Wildman–Crippen MR) is 133 cm³/mol. The Bertz CT molecular complexity index is 1120. The van der Waals surface area contributed by atoms with Gasteiger partial charge in [-0.2, -0.15) is 0 Å². The van der Waals surface area contributed by atoms with Gasteiger partial charge in [-0.1, -0.05) is 17.7 Å². The molecule has 186 valence electrons. The minimum atomic E-state index is -0.711. The highest BCUT2D eigenvalue weighted by atomic mass is 35.5. The molecule has 2 aliphatic heterocycles. The number of fused-ring (bicyclic) bond motifs is 1. The number of ether oxygens (including phenoxy) is 1. The molecule has 4 rings (SSSR count). The molecule has 1 atom stereocenters. The zero-order chi connectivity index (χ0) is 24.8. The number of nitrogens with zero attached hydrogens (tertiary/aromatic N) is 4. The Morgan fingerprint density at radius 3 is 2.91 bits per heavy atom. The number of carbonyl (C=O) groups excluding carboxylic acids is 1. The molecule has 1 aromatic heterocycles. The first-order valence-electron chi connectivity index (χ1n) is 11.5. The van der Waals surface area contributed by atoms with Gasteiger partial charge in [-0.15, -0.1) is 0 Å². The van der Waals surface area contributed by atoms with Crippen LogP contribution in [0.4, 0.5) is 15.1 Å². The molecule has 2 aliphatic rings. The number of halogens is 2. The number of carbonyl (C=O) groups is 1. The van der Waals surface area contributed by atoms with Crippen molar-refractivity contribution in [3.8, 4) is 0 Å². The van der Waals surface area contributed by atoms with Crippen LogP contribution < -0.4 is 16.4 Å². The fourth-order valence-electron chi connectivity index (χ4n) is 4.20. The molecule has 9 nitrogen and oxygen atoms in total. The lowest BCUT2D eigenvalue weighted by Crippen LogP contribution is -2.46. The van der Waals surface area contributed by atoms with E-state index in [4.69, 9.17) is 22.1 Å². The molecule has 0 spiro atoms. The molecule has 0 radical (unpaired) electrons. The van der Waals surface area contributed by atoms with Gasteiger partial charge in [0, 0.05) is 39.0 Å². The van der Waals surface area contributed by atoms with E-state index in [0.29, 0.717) is 36.7 Å². The van der Waals surface area contributed by atoms with Gasteiger partial charge >= 0.3 is 6.03 Å². The number of anilines is 1. The van der Waals surface area contributed by atoms with Crippen molar-refractivity contribution in [2.45, 2.75) is 37.9 Å². The lowest BCUT2D eigenvalue weighted by Gasteiger charge is -2.31. The zero-order valence-electron chi connectivity index (χ0n) is 19.5. The van der Waals surface area contributed by atoms with Crippen LogP contribution in [0.5, 0.6) is 0 Å². The number of urea groups is 1. The predicted octanol–water partition coefficient (Wildman–Crippen LogP) is 3.21. The Kier molecular flexibility index (Phi) is 8.14. The van der Waals surface area contributed by atoms with Gasteiger partial charge in [0.25, 0.3) is 0 Å². The molecule has 35 heavy (non-hydrogen) atoms. The van der Waals surface area contributed by atoms with E-state index in [-0.39, 0.29) is 17.1 Å². The summed E-state index contributed by atoms with van der Waals surface area (Å²) in [6.45, 7) is 2.27. The van der Waals surface area contributed by atoms with E-state index in [1.165, 1.54) is 18.3 Å². The van der Waals surface area contributed by atoms with Gasteiger partial charge < -0.3 is 26.0 Å². The SMILES string of the molecule is CN=C(C=CN)[C@@H](NC(=O)N1CCc2cnc(NC3CCOCC3)nc2C1)c1ccc(Cl)c(F)c1. The molecular weight excluding hydrogens is 473 g/mol. The maximum atomic E-state index is 14.2. The van der Waals surface area contributed by atoms with Crippen molar-refractivity contribution in [3.63, 3.8) is 0 Å². The highest BCUT2D eigenvalue weighted by molar-refractivity contribution is 6.30. The number of aromatic nitrogens is 2. The second-order valence-corrected chi connectivity index (χ2v) is 8.84. The molecule has 0 bridgehead atoms. The first kappa shape index (κ1) is 24.9. The standard InChI is InChI=1S/C24H29ClFN7O2/c1-28-20(4-8-27)22(15-2-3-18(25)19(26)12-15)32-24(34)33-9-5-16-13-29-23(31-21(16)14-33)30-17-6-10-35-11-7-17/h2-4,8,12-13,17,22H,5-7,9-11,14,27H2,1H3,(H,32,34)(H,29,30,31)/t22-/m0/s1. The Morgan fingerprint density at radius 2 is 2.20 bits per heavy atom. The van der Waals surface area contributed by atoms with Gasteiger partial charge in [0.1, 0.15) is 5.82 Å². The summed E-state index contributed by atoms with van der Waals surface area (Å²) in [7, 11) is 1.59. The van der Waals surface area contributed by atoms with E-state index in [0.717, 1.165) is 37.3 Å².